The highest BCUT2D eigenvalue weighted by atomic mass is 16.3. The lowest BCUT2D eigenvalue weighted by molar-refractivity contribution is 0.276. The van der Waals surface area contributed by atoms with Gasteiger partial charge in [0.15, 0.2) is 0 Å². The average Bonchev–Trinajstić information content (AvgIpc) is 2.97. The zero-order valence-corrected chi connectivity index (χ0v) is 10.4. The van der Waals surface area contributed by atoms with Crippen LogP contribution in [0.3, 0.4) is 0 Å². The molecule has 0 saturated heterocycles. The van der Waals surface area contributed by atoms with Gasteiger partial charge in [0.2, 0.25) is 0 Å². The van der Waals surface area contributed by atoms with Crippen LogP contribution in [0.2, 0.25) is 0 Å². The highest BCUT2D eigenvalue weighted by molar-refractivity contribution is 5.13. The molecule has 18 heavy (non-hydrogen) atoms. The minimum Gasteiger partial charge on any atom is -0.396 e. The maximum absolute atomic E-state index is 8.72. The van der Waals surface area contributed by atoms with Gasteiger partial charge in [-0.15, -0.1) is 5.10 Å². The zero-order valence-electron chi connectivity index (χ0n) is 10.4. The Hall–Kier alpha value is -1.73. The maximum Gasteiger partial charge on any atom is 0.0964 e. The van der Waals surface area contributed by atoms with Gasteiger partial charge in [0, 0.05) is 43.7 Å². The van der Waals surface area contributed by atoms with Gasteiger partial charge in [-0.1, -0.05) is 5.21 Å². The van der Waals surface area contributed by atoms with Crippen LogP contribution in [0.4, 0.5) is 0 Å². The Kier molecular flexibility index (Phi) is 4.43. The Labute approximate surface area is 105 Å². The van der Waals surface area contributed by atoms with Crippen molar-refractivity contribution in [1.82, 2.24) is 30.5 Å². The third kappa shape index (κ3) is 3.38. The molecule has 7 heteroatoms. The normalized spacial score (nSPS) is 11.0. The molecule has 0 aliphatic carbocycles. The first-order chi connectivity index (χ1) is 8.79. The van der Waals surface area contributed by atoms with Crippen LogP contribution in [0.15, 0.2) is 12.4 Å². The second-order valence-electron chi connectivity index (χ2n) is 4.17. The second kappa shape index (κ2) is 6.27. The van der Waals surface area contributed by atoms with Gasteiger partial charge in [-0.25, -0.2) is 0 Å². The van der Waals surface area contributed by atoms with Crippen molar-refractivity contribution in [3.8, 4) is 0 Å². The number of aliphatic hydroxyl groups excluding tert-OH is 1. The highest BCUT2D eigenvalue weighted by Gasteiger charge is 2.02. The fourth-order valence-corrected chi connectivity index (χ4v) is 1.64. The topological polar surface area (TPSA) is 91.7 Å². The van der Waals surface area contributed by atoms with Crippen molar-refractivity contribution in [2.24, 2.45) is 0 Å². The fraction of sp³-hybridized carbons (Fsp3) is 0.545. The Bertz CT molecular complexity index is 477. The first kappa shape index (κ1) is 12.7. The summed E-state index contributed by atoms with van der Waals surface area (Å²) in [7, 11) is 0. The lowest BCUT2D eigenvalue weighted by atomic mass is 10.2. The van der Waals surface area contributed by atoms with Gasteiger partial charge in [0.1, 0.15) is 0 Å². The Morgan fingerprint density at radius 3 is 3.06 bits per heavy atom. The van der Waals surface area contributed by atoms with E-state index < -0.39 is 0 Å². The molecule has 0 unspecified atom stereocenters. The number of aromatic nitrogens is 5. The summed E-state index contributed by atoms with van der Waals surface area (Å²) in [5, 5.41) is 26.9. The van der Waals surface area contributed by atoms with Gasteiger partial charge in [0.25, 0.3) is 0 Å². The largest absolute Gasteiger partial charge is 0.396 e. The molecule has 7 nitrogen and oxygen atoms in total. The number of aliphatic hydroxyl groups is 1. The first-order valence-electron chi connectivity index (χ1n) is 5.99. The lowest BCUT2D eigenvalue weighted by Crippen LogP contribution is -2.13. The molecule has 0 fully saturated rings. The van der Waals surface area contributed by atoms with Gasteiger partial charge >= 0.3 is 0 Å². The van der Waals surface area contributed by atoms with Crippen molar-refractivity contribution < 1.29 is 5.11 Å². The summed E-state index contributed by atoms with van der Waals surface area (Å²) in [4.78, 5) is 0. The highest BCUT2D eigenvalue weighted by Crippen LogP contribution is 2.02. The number of hydrogen-bond donors (Lipinski definition) is 3. The van der Waals surface area contributed by atoms with Gasteiger partial charge in [-0.05, 0) is 13.3 Å². The van der Waals surface area contributed by atoms with Crippen molar-refractivity contribution in [2.45, 2.75) is 33.0 Å². The molecule has 0 bridgehead atoms. The minimum atomic E-state index is 0.174. The molecular formula is C11H18N6O. The number of rotatable bonds is 7. The second-order valence-corrected chi connectivity index (χ2v) is 4.17. The third-order valence-corrected chi connectivity index (χ3v) is 2.69. The van der Waals surface area contributed by atoms with Crippen LogP contribution < -0.4 is 5.32 Å². The van der Waals surface area contributed by atoms with Crippen molar-refractivity contribution >= 4 is 0 Å². The minimum absolute atomic E-state index is 0.174. The average molecular weight is 250 g/mol. The van der Waals surface area contributed by atoms with E-state index in [9.17, 15) is 0 Å². The summed E-state index contributed by atoms with van der Waals surface area (Å²) in [6.45, 7) is 4.29. The smallest absolute Gasteiger partial charge is 0.0964 e. The summed E-state index contributed by atoms with van der Waals surface area (Å²) in [5.74, 6) is 0. The van der Waals surface area contributed by atoms with E-state index >= 15 is 0 Å². The summed E-state index contributed by atoms with van der Waals surface area (Å²) >= 11 is 0. The number of nitrogens with one attached hydrogen (secondary N) is 2. The van der Waals surface area contributed by atoms with Crippen LogP contribution in [-0.2, 0) is 19.6 Å². The summed E-state index contributed by atoms with van der Waals surface area (Å²) < 4.78 is 1.75. The van der Waals surface area contributed by atoms with Crippen LogP contribution in [-0.4, -0.2) is 36.9 Å². The van der Waals surface area contributed by atoms with E-state index in [4.69, 9.17) is 5.11 Å². The van der Waals surface area contributed by atoms with Crippen molar-refractivity contribution in [2.75, 3.05) is 6.61 Å². The van der Waals surface area contributed by atoms with Gasteiger partial charge in [-0.2, -0.15) is 5.10 Å². The molecule has 0 atom stereocenters. The molecule has 2 aromatic rings. The molecule has 0 aliphatic heterocycles. The molecule has 0 saturated carbocycles. The Morgan fingerprint density at radius 1 is 1.44 bits per heavy atom. The molecule has 3 N–H and O–H groups in total. The summed E-state index contributed by atoms with van der Waals surface area (Å²) in [5.41, 5.74) is 3.13. The standard InChI is InChI=1S/C11H18N6O/c1-9-10(6-13-14-9)5-12-7-11-8-17(16-15-11)3-2-4-18/h6,8,12,18H,2-5,7H2,1H3,(H,13,14). The number of H-pyrrole nitrogens is 1. The van der Waals surface area contributed by atoms with Crippen molar-refractivity contribution in [1.29, 1.82) is 0 Å². The molecule has 0 spiro atoms. The van der Waals surface area contributed by atoms with Crippen molar-refractivity contribution in [3.05, 3.63) is 29.3 Å². The van der Waals surface area contributed by atoms with E-state index in [-0.39, 0.29) is 6.61 Å². The van der Waals surface area contributed by atoms with Gasteiger partial charge in [-0.3, -0.25) is 9.78 Å². The number of aromatic amines is 1. The molecule has 0 aromatic carbocycles. The van der Waals surface area contributed by atoms with E-state index in [1.165, 1.54) is 0 Å². The van der Waals surface area contributed by atoms with Crippen LogP contribution in [0, 0.1) is 6.92 Å². The van der Waals surface area contributed by atoms with Gasteiger partial charge < -0.3 is 10.4 Å². The quantitative estimate of drug-likeness (QED) is 0.642. The number of nitrogens with zero attached hydrogens (tertiary/aromatic N) is 4. The van der Waals surface area contributed by atoms with Crippen LogP contribution in [0.25, 0.3) is 0 Å². The molecule has 0 amide bonds. The summed E-state index contributed by atoms with van der Waals surface area (Å²) in [6, 6.07) is 0. The monoisotopic (exact) mass is 250 g/mol. The zero-order chi connectivity index (χ0) is 12.8. The predicted octanol–water partition coefficient (Wildman–Crippen LogP) is -0.0182. The maximum atomic E-state index is 8.72. The van der Waals surface area contributed by atoms with Crippen LogP contribution in [0.1, 0.15) is 23.4 Å². The SMILES string of the molecule is Cc1[nH]ncc1CNCc1cn(CCCO)nn1. The Morgan fingerprint density at radius 2 is 2.33 bits per heavy atom. The Balaban J connectivity index is 1.76. The van der Waals surface area contributed by atoms with Crippen molar-refractivity contribution in [3.63, 3.8) is 0 Å². The van der Waals surface area contributed by atoms with E-state index in [0.717, 1.165) is 23.5 Å². The van der Waals surface area contributed by atoms with Gasteiger partial charge in [0.05, 0.1) is 11.9 Å². The van der Waals surface area contributed by atoms with E-state index in [0.29, 0.717) is 19.5 Å². The molecule has 98 valence electrons. The third-order valence-electron chi connectivity index (χ3n) is 2.69. The summed E-state index contributed by atoms with van der Waals surface area (Å²) in [6.07, 6.45) is 4.41. The number of hydrogen-bond acceptors (Lipinski definition) is 5. The lowest BCUT2D eigenvalue weighted by Gasteiger charge is -2.00. The van der Waals surface area contributed by atoms with Crippen LogP contribution >= 0.6 is 0 Å². The van der Waals surface area contributed by atoms with E-state index in [1.54, 1.807) is 4.68 Å². The molecule has 0 aliphatic rings. The fourth-order valence-electron chi connectivity index (χ4n) is 1.64. The van der Waals surface area contributed by atoms with E-state index in [2.05, 4.69) is 25.8 Å². The molecule has 0 radical (unpaired) electrons. The van der Waals surface area contributed by atoms with Crippen LogP contribution in [0.5, 0.6) is 0 Å². The predicted molar refractivity (Wildman–Crippen MR) is 65.6 cm³/mol. The molecule has 2 heterocycles. The molecule has 2 rings (SSSR count). The van der Waals surface area contributed by atoms with E-state index in [1.807, 2.05) is 19.3 Å². The number of aryl methyl sites for hydroxylation is 2. The molecule has 2 aromatic heterocycles. The molecular weight excluding hydrogens is 232 g/mol. The first-order valence-corrected chi connectivity index (χ1v) is 5.99.